The highest BCUT2D eigenvalue weighted by atomic mass is 15.3. The Labute approximate surface area is 123 Å². The monoisotopic (exact) mass is 276 g/mol. The van der Waals surface area contributed by atoms with Crippen LogP contribution in [-0.4, -0.2) is 29.6 Å². The average molecular weight is 276 g/mol. The van der Waals surface area contributed by atoms with Crippen molar-refractivity contribution in [2.24, 2.45) is 5.92 Å². The second-order valence-corrected chi connectivity index (χ2v) is 6.12. The predicted octanol–water partition coefficient (Wildman–Crippen LogP) is 3.49. The maximum atomic E-state index is 4.78. The van der Waals surface area contributed by atoms with Crippen LogP contribution >= 0.6 is 0 Å². The standard InChI is InChI=1S/C16H28N4/c1-4-8-17-15-12-14(11-13(2)3)18-16(19-15)20-9-6-5-7-10-20/h12-13H,4-11H2,1-3H3,(H,17,18,19). The van der Waals surface area contributed by atoms with Crippen LogP contribution in [0, 0.1) is 5.92 Å². The van der Waals surface area contributed by atoms with E-state index in [1.807, 2.05) is 0 Å². The number of piperidine rings is 1. The molecule has 1 fully saturated rings. The lowest BCUT2D eigenvalue weighted by atomic mass is 10.1. The van der Waals surface area contributed by atoms with Crippen LogP contribution in [0.15, 0.2) is 6.07 Å². The second kappa shape index (κ2) is 7.46. The molecule has 2 heterocycles. The summed E-state index contributed by atoms with van der Waals surface area (Å²) in [6.07, 6.45) is 5.99. The van der Waals surface area contributed by atoms with Gasteiger partial charge >= 0.3 is 0 Å². The SMILES string of the molecule is CCCNc1cc(CC(C)C)nc(N2CCCCC2)n1. The zero-order valence-corrected chi connectivity index (χ0v) is 13.2. The molecule has 1 saturated heterocycles. The van der Waals surface area contributed by atoms with Gasteiger partial charge in [0.2, 0.25) is 5.95 Å². The molecule has 4 nitrogen and oxygen atoms in total. The summed E-state index contributed by atoms with van der Waals surface area (Å²) >= 11 is 0. The van der Waals surface area contributed by atoms with Crippen molar-refractivity contribution in [3.05, 3.63) is 11.8 Å². The van der Waals surface area contributed by atoms with E-state index in [4.69, 9.17) is 9.97 Å². The quantitative estimate of drug-likeness (QED) is 0.863. The number of nitrogens with one attached hydrogen (secondary N) is 1. The molecule has 4 heteroatoms. The molecule has 0 amide bonds. The van der Waals surface area contributed by atoms with Crippen LogP contribution < -0.4 is 10.2 Å². The number of nitrogens with zero attached hydrogens (tertiary/aromatic N) is 3. The molecule has 0 unspecified atom stereocenters. The van der Waals surface area contributed by atoms with E-state index in [-0.39, 0.29) is 0 Å². The van der Waals surface area contributed by atoms with E-state index in [1.54, 1.807) is 0 Å². The van der Waals surface area contributed by atoms with Gasteiger partial charge in [0.25, 0.3) is 0 Å². The number of hydrogen-bond donors (Lipinski definition) is 1. The van der Waals surface area contributed by atoms with Crippen LogP contribution in [0.5, 0.6) is 0 Å². The van der Waals surface area contributed by atoms with E-state index in [2.05, 4.69) is 37.1 Å². The van der Waals surface area contributed by atoms with E-state index >= 15 is 0 Å². The normalized spacial score (nSPS) is 15.7. The van der Waals surface area contributed by atoms with Crippen molar-refractivity contribution in [2.45, 2.75) is 52.9 Å². The molecule has 1 aliphatic rings. The minimum absolute atomic E-state index is 0.623. The molecule has 1 N–H and O–H groups in total. The summed E-state index contributed by atoms with van der Waals surface area (Å²) in [6, 6.07) is 2.11. The van der Waals surface area contributed by atoms with Crippen molar-refractivity contribution >= 4 is 11.8 Å². The molecule has 0 radical (unpaired) electrons. The molecule has 112 valence electrons. The summed E-state index contributed by atoms with van der Waals surface area (Å²) in [6.45, 7) is 9.81. The molecule has 1 aromatic heterocycles. The number of rotatable bonds is 6. The summed E-state index contributed by atoms with van der Waals surface area (Å²) in [5.41, 5.74) is 1.16. The molecule has 2 rings (SSSR count). The van der Waals surface area contributed by atoms with Gasteiger partial charge in [-0.25, -0.2) is 4.98 Å². The zero-order chi connectivity index (χ0) is 14.4. The van der Waals surface area contributed by atoms with Gasteiger partial charge in [0.1, 0.15) is 5.82 Å². The molecule has 1 aromatic rings. The van der Waals surface area contributed by atoms with E-state index in [9.17, 15) is 0 Å². The maximum Gasteiger partial charge on any atom is 0.227 e. The smallest absolute Gasteiger partial charge is 0.227 e. The van der Waals surface area contributed by atoms with Gasteiger partial charge in [-0.2, -0.15) is 4.98 Å². The van der Waals surface area contributed by atoms with Gasteiger partial charge in [0.15, 0.2) is 0 Å². The molecule has 0 aromatic carbocycles. The van der Waals surface area contributed by atoms with Crippen LogP contribution in [0.4, 0.5) is 11.8 Å². The summed E-state index contributed by atoms with van der Waals surface area (Å²) in [5, 5.41) is 3.41. The first-order valence-corrected chi connectivity index (χ1v) is 8.06. The fourth-order valence-corrected chi connectivity index (χ4v) is 2.59. The Bertz CT molecular complexity index is 411. The van der Waals surface area contributed by atoms with Gasteiger partial charge in [-0.3, -0.25) is 0 Å². The Hall–Kier alpha value is -1.32. The van der Waals surface area contributed by atoms with E-state index in [0.29, 0.717) is 5.92 Å². The van der Waals surface area contributed by atoms with Crippen molar-refractivity contribution in [2.75, 3.05) is 29.9 Å². The lowest BCUT2D eigenvalue weighted by Gasteiger charge is -2.27. The minimum Gasteiger partial charge on any atom is -0.370 e. The predicted molar refractivity (Wildman–Crippen MR) is 85.4 cm³/mol. The first-order valence-electron chi connectivity index (χ1n) is 8.06. The second-order valence-electron chi connectivity index (χ2n) is 6.12. The molecule has 0 spiro atoms. The Balaban J connectivity index is 2.19. The summed E-state index contributed by atoms with van der Waals surface area (Å²) in [4.78, 5) is 11.8. The molecular weight excluding hydrogens is 248 g/mol. The van der Waals surface area contributed by atoms with Crippen molar-refractivity contribution in [3.8, 4) is 0 Å². The largest absolute Gasteiger partial charge is 0.370 e. The third-order valence-electron chi connectivity index (χ3n) is 3.58. The fraction of sp³-hybridized carbons (Fsp3) is 0.750. The van der Waals surface area contributed by atoms with Crippen LogP contribution in [-0.2, 0) is 6.42 Å². The summed E-state index contributed by atoms with van der Waals surface area (Å²) < 4.78 is 0. The number of anilines is 2. The average Bonchev–Trinajstić information content (AvgIpc) is 2.45. The Morgan fingerprint density at radius 3 is 2.60 bits per heavy atom. The third kappa shape index (κ3) is 4.36. The fourth-order valence-electron chi connectivity index (χ4n) is 2.59. The zero-order valence-electron chi connectivity index (χ0n) is 13.2. The van der Waals surface area contributed by atoms with E-state index in [0.717, 1.165) is 49.9 Å². The highest BCUT2D eigenvalue weighted by Crippen LogP contribution is 2.20. The van der Waals surface area contributed by atoms with Gasteiger partial charge in [-0.15, -0.1) is 0 Å². The molecular formula is C16H28N4. The number of aromatic nitrogens is 2. The lowest BCUT2D eigenvalue weighted by Crippen LogP contribution is -2.31. The van der Waals surface area contributed by atoms with Crippen LogP contribution in [0.1, 0.15) is 52.1 Å². The summed E-state index contributed by atoms with van der Waals surface area (Å²) in [7, 11) is 0. The number of hydrogen-bond acceptors (Lipinski definition) is 4. The first-order chi connectivity index (χ1) is 9.69. The summed E-state index contributed by atoms with van der Waals surface area (Å²) in [5.74, 6) is 2.53. The Kier molecular flexibility index (Phi) is 5.62. The van der Waals surface area contributed by atoms with Gasteiger partial charge in [-0.05, 0) is 38.0 Å². The topological polar surface area (TPSA) is 41.1 Å². The van der Waals surface area contributed by atoms with E-state index in [1.165, 1.54) is 19.3 Å². The Morgan fingerprint density at radius 1 is 1.20 bits per heavy atom. The molecule has 0 bridgehead atoms. The molecule has 1 aliphatic heterocycles. The van der Waals surface area contributed by atoms with Gasteiger partial charge in [-0.1, -0.05) is 20.8 Å². The lowest BCUT2D eigenvalue weighted by molar-refractivity contribution is 0.565. The molecule has 0 saturated carbocycles. The van der Waals surface area contributed by atoms with Crippen molar-refractivity contribution < 1.29 is 0 Å². The van der Waals surface area contributed by atoms with Crippen molar-refractivity contribution in [1.29, 1.82) is 0 Å². The van der Waals surface area contributed by atoms with Crippen molar-refractivity contribution in [3.63, 3.8) is 0 Å². The van der Waals surface area contributed by atoms with Gasteiger partial charge in [0.05, 0.1) is 0 Å². The van der Waals surface area contributed by atoms with Crippen LogP contribution in [0.3, 0.4) is 0 Å². The third-order valence-corrected chi connectivity index (χ3v) is 3.58. The molecule has 0 aliphatic carbocycles. The van der Waals surface area contributed by atoms with Crippen molar-refractivity contribution in [1.82, 2.24) is 9.97 Å². The highest BCUT2D eigenvalue weighted by molar-refractivity contribution is 5.44. The van der Waals surface area contributed by atoms with Crippen LogP contribution in [0.2, 0.25) is 0 Å². The minimum atomic E-state index is 0.623. The highest BCUT2D eigenvalue weighted by Gasteiger charge is 2.15. The first kappa shape index (κ1) is 15.1. The van der Waals surface area contributed by atoms with E-state index < -0.39 is 0 Å². The molecule has 0 atom stereocenters. The van der Waals surface area contributed by atoms with Gasteiger partial charge in [0, 0.05) is 31.4 Å². The maximum absolute atomic E-state index is 4.78. The van der Waals surface area contributed by atoms with Crippen LogP contribution in [0.25, 0.3) is 0 Å². The molecule has 20 heavy (non-hydrogen) atoms. The van der Waals surface area contributed by atoms with Gasteiger partial charge < -0.3 is 10.2 Å². The Morgan fingerprint density at radius 2 is 1.95 bits per heavy atom.